The van der Waals surface area contributed by atoms with Gasteiger partial charge in [-0.2, -0.15) is 0 Å². The molecule has 3 rings (SSSR count). The SMILES string of the molecule is C1CCC(C2NCCNC3CCCCC32)CC1. The minimum absolute atomic E-state index is 0.825. The van der Waals surface area contributed by atoms with Crippen molar-refractivity contribution in [2.24, 2.45) is 11.8 Å². The summed E-state index contributed by atoms with van der Waals surface area (Å²) in [5.74, 6) is 1.91. The number of rotatable bonds is 1. The van der Waals surface area contributed by atoms with Gasteiger partial charge >= 0.3 is 0 Å². The predicted molar refractivity (Wildman–Crippen MR) is 72.1 cm³/mol. The number of fused-ring (bicyclic) bond motifs is 1. The van der Waals surface area contributed by atoms with Gasteiger partial charge in [0.2, 0.25) is 0 Å². The van der Waals surface area contributed by atoms with Crippen LogP contribution in [0.3, 0.4) is 0 Å². The zero-order valence-corrected chi connectivity index (χ0v) is 11.1. The molecule has 0 aromatic heterocycles. The summed E-state index contributed by atoms with van der Waals surface area (Å²) >= 11 is 0. The van der Waals surface area contributed by atoms with Crippen molar-refractivity contribution in [3.63, 3.8) is 0 Å². The van der Waals surface area contributed by atoms with Crippen LogP contribution < -0.4 is 10.6 Å². The largest absolute Gasteiger partial charge is 0.312 e. The summed E-state index contributed by atoms with van der Waals surface area (Å²) in [6.07, 6.45) is 13.2. The van der Waals surface area contributed by atoms with E-state index in [-0.39, 0.29) is 0 Å². The second kappa shape index (κ2) is 5.71. The van der Waals surface area contributed by atoms with E-state index in [1.165, 1.54) is 70.9 Å². The minimum atomic E-state index is 0.825. The van der Waals surface area contributed by atoms with E-state index >= 15 is 0 Å². The highest BCUT2D eigenvalue weighted by molar-refractivity contribution is 4.95. The van der Waals surface area contributed by atoms with Crippen LogP contribution in [0, 0.1) is 11.8 Å². The molecule has 0 aromatic rings. The summed E-state index contributed by atoms with van der Waals surface area (Å²) in [4.78, 5) is 0. The van der Waals surface area contributed by atoms with Crippen molar-refractivity contribution in [1.29, 1.82) is 0 Å². The first kappa shape index (κ1) is 12.0. The molecule has 0 radical (unpaired) electrons. The fourth-order valence-electron chi connectivity index (χ4n) is 4.50. The Labute approximate surface area is 106 Å². The fourth-order valence-corrected chi connectivity index (χ4v) is 4.50. The smallest absolute Gasteiger partial charge is 0.0139 e. The van der Waals surface area contributed by atoms with Crippen LogP contribution in [0.25, 0.3) is 0 Å². The summed E-state index contributed by atoms with van der Waals surface area (Å²) in [5, 5.41) is 7.68. The Kier molecular flexibility index (Phi) is 4.02. The van der Waals surface area contributed by atoms with E-state index in [0.29, 0.717) is 0 Å². The maximum Gasteiger partial charge on any atom is 0.0139 e. The lowest BCUT2D eigenvalue weighted by Crippen LogP contribution is -2.48. The first-order chi connectivity index (χ1) is 8.45. The van der Waals surface area contributed by atoms with Crippen LogP contribution in [-0.4, -0.2) is 25.2 Å². The molecule has 3 atom stereocenters. The molecule has 2 N–H and O–H groups in total. The molecule has 1 aliphatic heterocycles. The molecule has 2 aliphatic carbocycles. The first-order valence-corrected chi connectivity index (χ1v) is 7.92. The van der Waals surface area contributed by atoms with Gasteiger partial charge in [-0.3, -0.25) is 0 Å². The molecule has 98 valence electrons. The van der Waals surface area contributed by atoms with Gasteiger partial charge in [-0.1, -0.05) is 32.1 Å². The Balaban J connectivity index is 1.70. The predicted octanol–water partition coefficient (Wildman–Crippen LogP) is 2.69. The third kappa shape index (κ3) is 2.68. The second-order valence-corrected chi connectivity index (χ2v) is 6.39. The Hall–Kier alpha value is -0.0800. The van der Waals surface area contributed by atoms with Crippen LogP contribution in [0.2, 0.25) is 0 Å². The van der Waals surface area contributed by atoms with Gasteiger partial charge in [0.05, 0.1) is 0 Å². The Morgan fingerprint density at radius 2 is 1.35 bits per heavy atom. The molecule has 2 nitrogen and oxygen atoms in total. The van der Waals surface area contributed by atoms with Crippen molar-refractivity contribution in [3.05, 3.63) is 0 Å². The summed E-state index contributed by atoms with van der Waals surface area (Å²) in [6.45, 7) is 2.37. The fraction of sp³-hybridized carbons (Fsp3) is 1.00. The molecule has 2 saturated carbocycles. The molecule has 0 aromatic carbocycles. The van der Waals surface area contributed by atoms with E-state index in [9.17, 15) is 0 Å². The van der Waals surface area contributed by atoms with Crippen molar-refractivity contribution >= 4 is 0 Å². The van der Waals surface area contributed by atoms with Crippen LogP contribution in [0.4, 0.5) is 0 Å². The van der Waals surface area contributed by atoms with Crippen molar-refractivity contribution in [2.75, 3.05) is 13.1 Å². The standard InChI is InChI=1S/C15H28N2/c1-2-6-12(7-3-1)15-13-8-4-5-9-14(13)16-10-11-17-15/h12-17H,1-11H2. The van der Waals surface area contributed by atoms with Crippen molar-refractivity contribution in [3.8, 4) is 0 Å². The molecule has 1 heterocycles. The van der Waals surface area contributed by atoms with Crippen molar-refractivity contribution in [1.82, 2.24) is 10.6 Å². The lowest BCUT2D eigenvalue weighted by molar-refractivity contribution is 0.158. The molecule has 1 saturated heterocycles. The quantitative estimate of drug-likeness (QED) is 0.731. The number of hydrogen-bond donors (Lipinski definition) is 2. The van der Waals surface area contributed by atoms with E-state index in [4.69, 9.17) is 0 Å². The maximum atomic E-state index is 3.89. The van der Waals surface area contributed by atoms with E-state index in [2.05, 4.69) is 10.6 Å². The van der Waals surface area contributed by atoms with E-state index in [1.807, 2.05) is 0 Å². The lowest BCUT2D eigenvalue weighted by Gasteiger charge is -2.40. The van der Waals surface area contributed by atoms with Crippen LogP contribution in [0.15, 0.2) is 0 Å². The van der Waals surface area contributed by atoms with Gasteiger partial charge in [0.25, 0.3) is 0 Å². The Morgan fingerprint density at radius 1 is 0.647 bits per heavy atom. The van der Waals surface area contributed by atoms with E-state index in [0.717, 1.165) is 23.9 Å². The number of hydrogen-bond acceptors (Lipinski definition) is 2. The van der Waals surface area contributed by atoms with E-state index < -0.39 is 0 Å². The molecule has 17 heavy (non-hydrogen) atoms. The highest BCUT2D eigenvalue weighted by Gasteiger charge is 2.37. The summed E-state index contributed by atoms with van der Waals surface area (Å²) < 4.78 is 0. The monoisotopic (exact) mass is 236 g/mol. The first-order valence-electron chi connectivity index (χ1n) is 7.92. The Bertz CT molecular complexity index is 235. The van der Waals surface area contributed by atoms with Gasteiger partial charge < -0.3 is 10.6 Å². The van der Waals surface area contributed by atoms with Crippen molar-refractivity contribution in [2.45, 2.75) is 69.9 Å². The van der Waals surface area contributed by atoms with Gasteiger partial charge in [0.15, 0.2) is 0 Å². The van der Waals surface area contributed by atoms with Crippen LogP contribution >= 0.6 is 0 Å². The molecule has 3 aliphatic rings. The second-order valence-electron chi connectivity index (χ2n) is 6.39. The third-order valence-corrected chi connectivity index (χ3v) is 5.35. The average molecular weight is 236 g/mol. The summed E-state index contributed by atoms with van der Waals surface area (Å²) in [6, 6.07) is 1.65. The average Bonchev–Trinajstić information content (AvgIpc) is 2.62. The van der Waals surface area contributed by atoms with Gasteiger partial charge in [-0.25, -0.2) is 0 Å². The summed E-state index contributed by atoms with van der Waals surface area (Å²) in [7, 11) is 0. The molecule has 2 heteroatoms. The highest BCUT2D eigenvalue weighted by atomic mass is 15.0. The van der Waals surface area contributed by atoms with Crippen LogP contribution in [0.5, 0.6) is 0 Å². The van der Waals surface area contributed by atoms with Crippen LogP contribution in [0.1, 0.15) is 57.8 Å². The number of nitrogens with one attached hydrogen (secondary N) is 2. The Morgan fingerprint density at radius 3 is 2.24 bits per heavy atom. The molecular weight excluding hydrogens is 208 g/mol. The zero-order chi connectivity index (χ0) is 11.5. The molecule has 3 unspecified atom stereocenters. The highest BCUT2D eigenvalue weighted by Crippen LogP contribution is 2.36. The van der Waals surface area contributed by atoms with Gasteiger partial charge in [0.1, 0.15) is 0 Å². The van der Waals surface area contributed by atoms with Crippen LogP contribution in [-0.2, 0) is 0 Å². The molecule has 0 bridgehead atoms. The summed E-state index contributed by atoms with van der Waals surface area (Å²) in [5.41, 5.74) is 0. The third-order valence-electron chi connectivity index (χ3n) is 5.35. The van der Waals surface area contributed by atoms with Gasteiger partial charge in [-0.05, 0) is 37.5 Å². The zero-order valence-electron chi connectivity index (χ0n) is 11.1. The topological polar surface area (TPSA) is 24.1 Å². The molecule has 0 amide bonds. The normalized spacial score (nSPS) is 40.6. The molecular formula is C15H28N2. The minimum Gasteiger partial charge on any atom is -0.312 e. The molecule has 0 spiro atoms. The van der Waals surface area contributed by atoms with E-state index in [1.54, 1.807) is 0 Å². The maximum absolute atomic E-state index is 3.89. The lowest BCUT2D eigenvalue weighted by atomic mass is 9.72. The van der Waals surface area contributed by atoms with Gasteiger partial charge in [-0.15, -0.1) is 0 Å². The van der Waals surface area contributed by atoms with Gasteiger partial charge in [0, 0.05) is 25.2 Å². The molecule has 3 fully saturated rings. The van der Waals surface area contributed by atoms with Crippen molar-refractivity contribution < 1.29 is 0 Å².